The molecule has 0 bridgehead atoms. The lowest BCUT2D eigenvalue weighted by molar-refractivity contribution is 0.196. The highest BCUT2D eigenvalue weighted by Crippen LogP contribution is 2.23. The first-order valence-corrected chi connectivity index (χ1v) is 9.55. The molecule has 0 aliphatic heterocycles. The van der Waals surface area contributed by atoms with Crippen molar-refractivity contribution in [3.8, 4) is 5.75 Å². The molecule has 0 saturated carbocycles. The zero-order valence-corrected chi connectivity index (χ0v) is 17.4. The average Bonchev–Trinajstić information content (AvgIpc) is 2.62. The number of carbonyl (C=O) groups is 1. The van der Waals surface area contributed by atoms with E-state index in [1.165, 1.54) is 11.1 Å². The molecule has 2 rings (SSSR count). The van der Waals surface area contributed by atoms with Gasteiger partial charge in [-0.25, -0.2) is 4.79 Å². The van der Waals surface area contributed by atoms with Crippen LogP contribution in [0.2, 0.25) is 0 Å². The zero-order valence-electron chi connectivity index (χ0n) is 17.4. The summed E-state index contributed by atoms with van der Waals surface area (Å²) in [6.45, 7) is 11.3. The molecule has 27 heavy (non-hydrogen) atoms. The van der Waals surface area contributed by atoms with Crippen molar-refractivity contribution in [3.05, 3.63) is 59.7 Å². The van der Waals surface area contributed by atoms with Gasteiger partial charge in [0, 0.05) is 18.3 Å². The SMILES string of the molecule is CCN(C(=O)Nc1ccc(C(C)(C)C)cc1)C(C)Cc1ccc(OC)cc1. The quantitative estimate of drug-likeness (QED) is 0.734. The first-order valence-electron chi connectivity index (χ1n) is 9.55. The van der Waals surface area contributed by atoms with Crippen LogP contribution in [-0.4, -0.2) is 30.6 Å². The number of nitrogens with one attached hydrogen (secondary N) is 1. The van der Waals surface area contributed by atoms with Crippen LogP contribution in [0.15, 0.2) is 48.5 Å². The Morgan fingerprint density at radius 1 is 1.07 bits per heavy atom. The lowest BCUT2D eigenvalue weighted by atomic mass is 9.87. The molecule has 0 aliphatic rings. The number of nitrogens with zero attached hydrogens (tertiary/aromatic N) is 1. The summed E-state index contributed by atoms with van der Waals surface area (Å²) in [5.74, 6) is 0.843. The summed E-state index contributed by atoms with van der Waals surface area (Å²) >= 11 is 0. The third-order valence-electron chi connectivity index (χ3n) is 4.83. The fourth-order valence-electron chi connectivity index (χ4n) is 3.12. The van der Waals surface area contributed by atoms with E-state index in [4.69, 9.17) is 4.74 Å². The molecule has 0 aliphatic carbocycles. The van der Waals surface area contributed by atoms with Crippen molar-refractivity contribution in [2.75, 3.05) is 19.0 Å². The molecule has 0 saturated heterocycles. The molecule has 2 amide bonds. The van der Waals surface area contributed by atoms with Gasteiger partial charge in [0.05, 0.1) is 7.11 Å². The highest BCUT2D eigenvalue weighted by Gasteiger charge is 2.19. The minimum atomic E-state index is -0.0676. The van der Waals surface area contributed by atoms with Crippen molar-refractivity contribution in [2.24, 2.45) is 0 Å². The van der Waals surface area contributed by atoms with Crippen LogP contribution < -0.4 is 10.1 Å². The summed E-state index contributed by atoms with van der Waals surface area (Å²) in [7, 11) is 1.66. The van der Waals surface area contributed by atoms with Crippen LogP contribution in [0, 0.1) is 0 Å². The van der Waals surface area contributed by atoms with Gasteiger partial charge in [0.1, 0.15) is 5.75 Å². The van der Waals surface area contributed by atoms with Gasteiger partial charge in [-0.05, 0) is 61.1 Å². The largest absolute Gasteiger partial charge is 0.497 e. The highest BCUT2D eigenvalue weighted by atomic mass is 16.5. The molecule has 4 nitrogen and oxygen atoms in total. The minimum absolute atomic E-state index is 0.0676. The van der Waals surface area contributed by atoms with Crippen molar-refractivity contribution in [1.82, 2.24) is 4.90 Å². The second kappa shape index (κ2) is 8.94. The van der Waals surface area contributed by atoms with E-state index in [2.05, 4.69) is 45.1 Å². The normalized spacial score (nSPS) is 12.4. The van der Waals surface area contributed by atoms with E-state index >= 15 is 0 Å². The lowest BCUT2D eigenvalue weighted by Gasteiger charge is -2.28. The number of hydrogen-bond acceptors (Lipinski definition) is 2. The van der Waals surface area contributed by atoms with Gasteiger partial charge in [-0.15, -0.1) is 0 Å². The first kappa shape index (κ1) is 20.8. The fourth-order valence-corrected chi connectivity index (χ4v) is 3.12. The molecule has 1 N–H and O–H groups in total. The number of likely N-dealkylation sites (N-methyl/N-ethyl adjacent to an activating group) is 1. The predicted molar refractivity (Wildman–Crippen MR) is 113 cm³/mol. The van der Waals surface area contributed by atoms with Crippen molar-refractivity contribution >= 4 is 11.7 Å². The van der Waals surface area contributed by atoms with Crippen LogP contribution >= 0.6 is 0 Å². The van der Waals surface area contributed by atoms with E-state index in [0.717, 1.165) is 17.9 Å². The molecule has 146 valence electrons. The number of anilines is 1. The number of amides is 2. The molecule has 2 aromatic carbocycles. The van der Waals surface area contributed by atoms with Crippen LogP contribution in [0.3, 0.4) is 0 Å². The third-order valence-corrected chi connectivity index (χ3v) is 4.83. The molecule has 1 atom stereocenters. The molecular weight excluding hydrogens is 336 g/mol. The van der Waals surface area contributed by atoms with Crippen molar-refractivity contribution in [2.45, 2.75) is 52.5 Å². The first-order chi connectivity index (χ1) is 12.7. The summed E-state index contributed by atoms with van der Waals surface area (Å²) in [4.78, 5) is 14.6. The fraction of sp³-hybridized carbons (Fsp3) is 0.435. The van der Waals surface area contributed by atoms with Gasteiger partial charge >= 0.3 is 6.03 Å². The summed E-state index contributed by atoms with van der Waals surface area (Å²) in [6.07, 6.45) is 0.800. The second-order valence-electron chi connectivity index (χ2n) is 7.94. The van der Waals surface area contributed by atoms with Crippen LogP contribution in [0.25, 0.3) is 0 Å². The van der Waals surface area contributed by atoms with E-state index in [0.29, 0.717) is 6.54 Å². The van der Waals surface area contributed by atoms with Crippen LogP contribution in [0.5, 0.6) is 5.75 Å². The Hall–Kier alpha value is -2.49. The number of methoxy groups -OCH3 is 1. The third kappa shape index (κ3) is 5.75. The van der Waals surface area contributed by atoms with Gasteiger partial charge in [0.15, 0.2) is 0 Å². The molecule has 0 heterocycles. The summed E-state index contributed by atoms with van der Waals surface area (Å²) in [5, 5.41) is 3.02. The smallest absolute Gasteiger partial charge is 0.322 e. The molecule has 0 fully saturated rings. The van der Waals surface area contributed by atoms with Gasteiger partial charge < -0.3 is 15.0 Å². The van der Waals surface area contributed by atoms with Crippen LogP contribution in [0.1, 0.15) is 45.7 Å². The molecule has 1 unspecified atom stereocenters. The van der Waals surface area contributed by atoms with Gasteiger partial charge in [0.2, 0.25) is 0 Å². The summed E-state index contributed by atoms with van der Waals surface area (Å²) in [6, 6.07) is 16.1. The second-order valence-corrected chi connectivity index (χ2v) is 7.94. The Bertz CT molecular complexity index is 730. The summed E-state index contributed by atoms with van der Waals surface area (Å²) < 4.78 is 5.20. The molecule has 2 aromatic rings. The Morgan fingerprint density at radius 2 is 1.67 bits per heavy atom. The number of hydrogen-bond donors (Lipinski definition) is 1. The number of rotatable bonds is 6. The monoisotopic (exact) mass is 368 g/mol. The summed E-state index contributed by atoms with van der Waals surface area (Å²) in [5.41, 5.74) is 3.36. The van der Waals surface area contributed by atoms with Crippen LogP contribution in [0.4, 0.5) is 10.5 Å². The molecule has 0 aromatic heterocycles. The number of urea groups is 1. The van der Waals surface area contributed by atoms with Crippen molar-refractivity contribution in [3.63, 3.8) is 0 Å². The minimum Gasteiger partial charge on any atom is -0.497 e. The van der Waals surface area contributed by atoms with E-state index in [9.17, 15) is 4.79 Å². The molecule has 4 heteroatoms. The average molecular weight is 369 g/mol. The maximum Gasteiger partial charge on any atom is 0.322 e. The molecular formula is C23H32N2O2. The van der Waals surface area contributed by atoms with Crippen LogP contribution in [-0.2, 0) is 11.8 Å². The van der Waals surface area contributed by atoms with Gasteiger partial charge in [-0.3, -0.25) is 0 Å². The van der Waals surface area contributed by atoms with Gasteiger partial charge in [-0.2, -0.15) is 0 Å². The van der Waals surface area contributed by atoms with E-state index < -0.39 is 0 Å². The van der Waals surface area contributed by atoms with Gasteiger partial charge in [0.25, 0.3) is 0 Å². The van der Waals surface area contributed by atoms with E-state index in [-0.39, 0.29) is 17.5 Å². The predicted octanol–water partition coefficient (Wildman–Crippen LogP) is 5.48. The highest BCUT2D eigenvalue weighted by molar-refractivity contribution is 5.89. The Morgan fingerprint density at radius 3 is 2.15 bits per heavy atom. The molecule has 0 spiro atoms. The number of benzene rings is 2. The van der Waals surface area contributed by atoms with Crippen molar-refractivity contribution < 1.29 is 9.53 Å². The Labute approximate surface area is 163 Å². The molecule has 0 radical (unpaired) electrons. The number of carbonyl (C=O) groups excluding carboxylic acids is 1. The number of ether oxygens (including phenoxy) is 1. The van der Waals surface area contributed by atoms with Crippen molar-refractivity contribution in [1.29, 1.82) is 0 Å². The van der Waals surface area contributed by atoms with E-state index in [1.807, 2.05) is 48.2 Å². The topological polar surface area (TPSA) is 41.6 Å². The lowest BCUT2D eigenvalue weighted by Crippen LogP contribution is -2.42. The Kier molecular flexibility index (Phi) is 6.89. The Balaban J connectivity index is 2.01. The van der Waals surface area contributed by atoms with E-state index in [1.54, 1.807) is 7.11 Å². The van der Waals surface area contributed by atoms with Gasteiger partial charge in [-0.1, -0.05) is 45.0 Å². The standard InChI is InChI=1S/C23H32N2O2/c1-7-25(17(2)16-18-8-14-21(27-6)15-9-18)22(26)24-20-12-10-19(11-13-20)23(3,4)5/h8-15,17H,7,16H2,1-6H3,(H,24,26). The zero-order chi connectivity index (χ0) is 20.0. The maximum atomic E-state index is 12.8. The maximum absolute atomic E-state index is 12.8.